The summed E-state index contributed by atoms with van der Waals surface area (Å²) in [5.41, 5.74) is -0.197. The van der Waals surface area contributed by atoms with E-state index < -0.39 is 11.4 Å². The Morgan fingerprint density at radius 2 is 2.19 bits per heavy atom. The zero-order valence-corrected chi connectivity index (χ0v) is 11.9. The van der Waals surface area contributed by atoms with E-state index >= 15 is 0 Å². The molecule has 2 N–H and O–H groups in total. The topological polar surface area (TPSA) is 74.2 Å². The molecule has 2 rings (SSSR count). The number of halogens is 1. The van der Waals surface area contributed by atoms with E-state index in [0.717, 1.165) is 12.8 Å². The zero-order valence-electron chi connectivity index (χ0n) is 11.9. The molecule has 1 aromatic carbocycles. The number of ether oxygens (including phenoxy) is 1. The molecular weight excluding hydrogens is 273 g/mol. The minimum absolute atomic E-state index is 0.00538. The lowest BCUT2D eigenvalue weighted by atomic mass is 10.00. The molecule has 1 fully saturated rings. The summed E-state index contributed by atoms with van der Waals surface area (Å²) < 4.78 is 18.1. The van der Waals surface area contributed by atoms with Crippen molar-refractivity contribution in [3.63, 3.8) is 0 Å². The first kappa shape index (κ1) is 15.1. The van der Waals surface area contributed by atoms with Gasteiger partial charge in [0.15, 0.2) is 0 Å². The number of anilines is 1. The molecule has 1 saturated carbocycles. The molecule has 0 unspecified atom stereocenters. The summed E-state index contributed by atoms with van der Waals surface area (Å²) in [5, 5.41) is 14.9. The highest BCUT2D eigenvalue weighted by molar-refractivity contribution is 5.82. The summed E-state index contributed by atoms with van der Waals surface area (Å²) in [4.78, 5) is 12.0. The molecule has 0 radical (unpaired) electrons. The summed E-state index contributed by atoms with van der Waals surface area (Å²) in [6, 6.07) is 6.25. The van der Waals surface area contributed by atoms with E-state index in [9.17, 15) is 14.4 Å². The van der Waals surface area contributed by atoms with Crippen molar-refractivity contribution in [1.82, 2.24) is 5.32 Å². The third kappa shape index (κ3) is 3.63. The predicted octanol–water partition coefficient (Wildman–Crippen LogP) is 2.20. The molecule has 1 aliphatic rings. The van der Waals surface area contributed by atoms with Gasteiger partial charge in [-0.3, -0.25) is 4.79 Å². The van der Waals surface area contributed by atoms with Crippen LogP contribution in [0.4, 0.5) is 10.1 Å². The highest BCUT2D eigenvalue weighted by atomic mass is 19.1. The van der Waals surface area contributed by atoms with Crippen molar-refractivity contribution in [2.75, 3.05) is 19.0 Å². The molecule has 21 heavy (non-hydrogen) atoms. The van der Waals surface area contributed by atoms with E-state index in [1.807, 2.05) is 0 Å². The van der Waals surface area contributed by atoms with Crippen LogP contribution in [0, 0.1) is 17.1 Å². The minimum atomic E-state index is -0.731. The van der Waals surface area contributed by atoms with Gasteiger partial charge in [-0.15, -0.1) is 0 Å². The van der Waals surface area contributed by atoms with E-state index in [0.29, 0.717) is 24.3 Å². The minimum Gasteiger partial charge on any atom is -0.494 e. The van der Waals surface area contributed by atoms with Gasteiger partial charge in [0.1, 0.15) is 17.1 Å². The molecule has 0 bridgehead atoms. The highest BCUT2D eigenvalue weighted by Gasteiger charge is 2.35. The van der Waals surface area contributed by atoms with Crippen LogP contribution in [-0.2, 0) is 4.79 Å². The van der Waals surface area contributed by atoms with E-state index in [2.05, 4.69) is 16.7 Å². The lowest BCUT2D eigenvalue weighted by Crippen LogP contribution is -2.47. The van der Waals surface area contributed by atoms with Crippen LogP contribution >= 0.6 is 0 Å². The molecule has 6 heteroatoms. The Balaban J connectivity index is 1.94. The van der Waals surface area contributed by atoms with Crippen LogP contribution in [0.3, 0.4) is 0 Å². The molecule has 1 aliphatic carbocycles. The first-order chi connectivity index (χ1) is 10.1. The van der Waals surface area contributed by atoms with Gasteiger partial charge in [-0.05, 0) is 37.8 Å². The number of amides is 1. The van der Waals surface area contributed by atoms with Crippen molar-refractivity contribution in [1.29, 1.82) is 5.26 Å². The van der Waals surface area contributed by atoms with Crippen molar-refractivity contribution >= 4 is 11.6 Å². The van der Waals surface area contributed by atoms with Crippen LogP contribution in [0.25, 0.3) is 0 Å². The summed E-state index contributed by atoms with van der Waals surface area (Å²) in [7, 11) is 1.43. The molecular formula is C15H18FN3O2. The SMILES string of the molecule is COc1cc(F)ccc1NCC(=O)NC1(C#N)CCCC1. The van der Waals surface area contributed by atoms with Crippen LogP contribution in [0.2, 0.25) is 0 Å². The molecule has 1 aromatic rings. The normalized spacial score (nSPS) is 16.0. The summed E-state index contributed by atoms with van der Waals surface area (Å²) in [6.07, 6.45) is 3.28. The Morgan fingerprint density at radius 1 is 1.48 bits per heavy atom. The largest absolute Gasteiger partial charge is 0.494 e. The molecule has 112 valence electrons. The zero-order chi connectivity index (χ0) is 15.3. The van der Waals surface area contributed by atoms with Gasteiger partial charge in [0, 0.05) is 6.07 Å². The van der Waals surface area contributed by atoms with Gasteiger partial charge >= 0.3 is 0 Å². The van der Waals surface area contributed by atoms with Crippen LogP contribution in [0.1, 0.15) is 25.7 Å². The quantitative estimate of drug-likeness (QED) is 0.872. The second-order valence-corrected chi connectivity index (χ2v) is 5.15. The summed E-state index contributed by atoms with van der Waals surface area (Å²) in [6.45, 7) is 0.00538. The maximum Gasteiger partial charge on any atom is 0.240 e. The molecule has 0 aromatic heterocycles. The number of rotatable bonds is 5. The fourth-order valence-corrected chi connectivity index (χ4v) is 2.54. The summed E-state index contributed by atoms with van der Waals surface area (Å²) >= 11 is 0. The van der Waals surface area contributed by atoms with Crippen LogP contribution in [-0.4, -0.2) is 25.1 Å². The lowest BCUT2D eigenvalue weighted by Gasteiger charge is -2.22. The van der Waals surface area contributed by atoms with Gasteiger partial charge in [-0.2, -0.15) is 5.26 Å². The molecule has 1 amide bonds. The number of hydrogen-bond acceptors (Lipinski definition) is 4. The monoisotopic (exact) mass is 291 g/mol. The highest BCUT2D eigenvalue weighted by Crippen LogP contribution is 2.29. The van der Waals surface area contributed by atoms with E-state index in [1.54, 1.807) is 0 Å². The second kappa shape index (κ2) is 6.44. The Kier molecular flexibility index (Phi) is 4.63. The molecule has 0 aliphatic heterocycles. The van der Waals surface area contributed by atoms with Crippen LogP contribution in [0.5, 0.6) is 5.75 Å². The number of hydrogen-bond donors (Lipinski definition) is 2. The van der Waals surface area contributed by atoms with E-state index in [1.165, 1.54) is 25.3 Å². The Labute approximate surface area is 123 Å². The van der Waals surface area contributed by atoms with Gasteiger partial charge in [-0.25, -0.2) is 4.39 Å². The first-order valence-corrected chi connectivity index (χ1v) is 6.88. The van der Waals surface area contributed by atoms with Crippen molar-refractivity contribution in [2.45, 2.75) is 31.2 Å². The lowest BCUT2D eigenvalue weighted by molar-refractivity contribution is -0.120. The van der Waals surface area contributed by atoms with Gasteiger partial charge < -0.3 is 15.4 Å². The Morgan fingerprint density at radius 3 is 2.81 bits per heavy atom. The van der Waals surface area contributed by atoms with Gasteiger partial charge in [0.2, 0.25) is 5.91 Å². The molecule has 0 atom stereocenters. The number of methoxy groups -OCH3 is 1. The number of benzene rings is 1. The summed E-state index contributed by atoms with van der Waals surface area (Å²) in [5.74, 6) is -0.334. The molecule has 5 nitrogen and oxygen atoms in total. The van der Waals surface area contributed by atoms with Crippen molar-refractivity contribution < 1.29 is 13.9 Å². The van der Waals surface area contributed by atoms with Crippen LogP contribution < -0.4 is 15.4 Å². The van der Waals surface area contributed by atoms with Gasteiger partial charge in [0.05, 0.1) is 25.4 Å². The maximum absolute atomic E-state index is 13.1. The Bertz CT molecular complexity index is 563. The fraction of sp³-hybridized carbons (Fsp3) is 0.467. The van der Waals surface area contributed by atoms with Crippen molar-refractivity contribution in [3.8, 4) is 11.8 Å². The molecule has 0 heterocycles. The van der Waals surface area contributed by atoms with Crippen molar-refractivity contribution in [3.05, 3.63) is 24.0 Å². The third-order valence-corrected chi connectivity index (χ3v) is 3.65. The van der Waals surface area contributed by atoms with E-state index in [4.69, 9.17) is 4.74 Å². The average molecular weight is 291 g/mol. The smallest absolute Gasteiger partial charge is 0.240 e. The second-order valence-electron chi connectivity index (χ2n) is 5.15. The molecule has 0 spiro atoms. The first-order valence-electron chi connectivity index (χ1n) is 6.88. The Hall–Kier alpha value is -2.29. The number of nitrogens with zero attached hydrogens (tertiary/aromatic N) is 1. The number of carbonyl (C=O) groups excluding carboxylic acids is 1. The van der Waals surface area contributed by atoms with Crippen LogP contribution in [0.15, 0.2) is 18.2 Å². The van der Waals surface area contributed by atoms with E-state index in [-0.39, 0.29) is 12.5 Å². The number of carbonyl (C=O) groups is 1. The van der Waals surface area contributed by atoms with Gasteiger partial charge in [0.25, 0.3) is 0 Å². The van der Waals surface area contributed by atoms with Crippen molar-refractivity contribution in [2.24, 2.45) is 0 Å². The predicted molar refractivity (Wildman–Crippen MR) is 76.4 cm³/mol. The standard InChI is InChI=1S/C15H18FN3O2/c1-21-13-8-11(16)4-5-12(13)18-9-14(20)19-15(10-17)6-2-3-7-15/h4-5,8,18H,2-3,6-7,9H2,1H3,(H,19,20). The number of nitrogens with one attached hydrogen (secondary N) is 2. The molecule has 0 saturated heterocycles. The van der Waals surface area contributed by atoms with Gasteiger partial charge in [-0.1, -0.05) is 0 Å². The third-order valence-electron chi connectivity index (χ3n) is 3.65. The number of nitriles is 1. The fourth-order valence-electron chi connectivity index (χ4n) is 2.54. The maximum atomic E-state index is 13.1. The average Bonchev–Trinajstić information content (AvgIpc) is 2.94.